The molecule has 2 aromatic rings. The van der Waals surface area contributed by atoms with Gasteiger partial charge in [0.1, 0.15) is 0 Å². The van der Waals surface area contributed by atoms with Crippen molar-refractivity contribution in [3.63, 3.8) is 0 Å². The molecule has 1 amide bonds. The number of hydrogen-bond donors (Lipinski definition) is 0. The molecule has 0 saturated carbocycles. The number of carbonyl (C=O) groups is 1. The molecule has 0 bridgehead atoms. The lowest BCUT2D eigenvalue weighted by atomic mass is 9.96. The summed E-state index contributed by atoms with van der Waals surface area (Å²) in [5, 5.41) is 0. The first-order valence-electron chi connectivity index (χ1n) is 8.15. The van der Waals surface area contributed by atoms with Gasteiger partial charge in [0.25, 0.3) is 0 Å². The van der Waals surface area contributed by atoms with Crippen molar-refractivity contribution >= 4 is 27.8 Å². The van der Waals surface area contributed by atoms with Crippen LogP contribution in [0.3, 0.4) is 0 Å². The fourth-order valence-corrected chi connectivity index (χ4v) is 3.33. The molecule has 1 aliphatic heterocycles. The van der Waals surface area contributed by atoms with Crippen molar-refractivity contribution in [2.75, 3.05) is 25.0 Å². The van der Waals surface area contributed by atoms with E-state index in [1.54, 1.807) is 12.4 Å². The van der Waals surface area contributed by atoms with Crippen LogP contribution in [0.5, 0.6) is 0 Å². The maximum absolute atomic E-state index is 12.8. The number of benzene rings is 1. The number of carbonyl (C=O) groups excluding carboxylic acids is 1. The van der Waals surface area contributed by atoms with Gasteiger partial charge >= 0.3 is 0 Å². The van der Waals surface area contributed by atoms with Crippen LogP contribution < -0.4 is 4.90 Å². The molecule has 2 heterocycles. The van der Waals surface area contributed by atoms with Crippen LogP contribution in [-0.2, 0) is 11.3 Å². The van der Waals surface area contributed by atoms with Crippen LogP contribution in [-0.4, -0.2) is 40.9 Å². The quantitative estimate of drug-likeness (QED) is 0.807. The van der Waals surface area contributed by atoms with Gasteiger partial charge in [0.15, 0.2) is 0 Å². The molecule has 0 N–H and O–H groups in total. The van der Waals surface area contributed by atoms with E-state index in [1.165, 1.54) is 0 Å². The molecule has 3 rings (SSSR count). The number of piperidine rings is 1. The summed E-state index contributed by atoms with van der Waals surface area (Å²) in [4.78, 5) is 25.3. The molecule has 1 aliphatic rings. The highest BCUT2D eigenvalue weighted by Crippen LogP contribution is 2.22. The van der Waals surface area contributed by atoms with Crippen LogP contribution in [0, 0.1) is 5.92 Å². The molecule has 24 heavy (non-hydrogen) atoms. The number of nitrogens with zero attached hydrogens (tertiary/aromatic N) is 4. The Morgan fingerprint density at radius 1 is 1.29 bits per heavy atom. The van der Waals surface area contributed by atoms with Crippen LogP contribution in [0.15, 0.2) is 47.2 Å². The van der Waals surface area contributed by atoms with Crippen LogP contribution in [0.25, 0.3) is 0 Å². The Morgan fingerprint density at radius 3 is 2.71 bits per heavy atom. The lowest BCUT2D eigenvalue weighted by molar-refractivity contribution is -0.135. The van der Waals surface area contributed by atoms with Crippen molar-refractivity contribution in [2.24, 2.45) is 5.92 Å². The summed E-state index contributed by atoms with van der Waals surface area (Å²) in [6.07, 6.45) is 5.40. The Bertz CT molecular complexity index is 677. The number of halogens is 1. The monoisotopic (exact) mass is 388 g/mol. The van der Waals surface area contributed by atoms with Gasteiger partial charge in [-0.05, 0) is 36.6 Å². The number of anilines is 1. The summed E-state index contributed by atoms with van der Waals surface area (Å²) in [7, 11) is 1.88. The van der Waals surface area contributed by atoms with E-state index in [2.05, 4.69) is 30.8 Å². The summed E-state index contributed by atoms with van der Waals surface area (Å²) in [6.45, 7) is 2.22. The lowest BCUT2D eigenvalue weighted by Gasteiger charge is -2.34. The van der Waals surface area contributed by atoms with Gasteiger partial charge in [-0.15, -0.1) is 0 Å². The Hall–Kier alpha value is -1.95. The van der Waals surface area contributed by atoms with E-state index in [9.17, 15) is 4.79 Å². The fourth-order valence-electron chi connectivity index (χ4n) is 3.07. The van der Waals surface area contributed by atoms with Crippen LogP contribution in [0.4, 0.5) is 5.95 Å². The molecule has 1 atom stereocenters. The Labute approximate surface area is 150 Å². The predicted octanol–water partition coefficient (Wildman–Crippen LogP) is 3.11. The molecule has 126 valence electrons. The minimum Gasteiger partial charge on any atom is -0.341 e. The largest absolute Gasteiger partial charge is 0.341 e. The lowest BCUT2D eigenvalue weighted by Crippen LogP contribution is -2.44. The van der Waals surface area contributed by atoms with Gasteiger partial charge in [0.05, 0.1) is 5.92 Å². The number of aromatic nitrogens is 2. The molecule has 0 spiro atoms. The highest BCUT2D eigenvalue weighted by Gasteiger charge is 2.29. The zero-order valence-corrected chi connectivity index (χ0v) is 15.3. The van der Waals surface area contributed by atoms with Crippen molar-refractivity contribution in [3.05, 3.63) is 52.8 Å². The third-order valence-corrected chi connectivity index (χ3v) is 4.84. The van der Waals surface area contributed by atoms with E-state index >= 15 is 0 Å². The van der Waals surface area contributed by atoms with Crippen molar-refractivity contribution in [1.29, 1.82) is 0 Å². The van der Waals surface area contributed by atoms with Crippen LogP contribution in [0.2, 0.25) is 0 Å². The van der Waals surface area contributed by atoms with E-state index in [-0.39, 0.29) is 11.8 Å². The molecule has 5 nitrogen and oxygen atoms in total. The number of rotatable bonds is 4. The smallest absolute Gasteiger partial charge is 0.227 e. The average Bonchev–Trinajstić information content (AvgIpc) is 2.64. The van der Waals surface area contributed by atoms with Crippen molar-refractivity contribution in [1.82, 2.24) is 14.9 Å². The summed E-state index contributed by atoms with van der Waals surface area (Å²) in [5.74, 6) is 0.909. The normalized spacial score (nSPS) is 17.6. The third-order valence-electron chi connectivity index (χ3n) is 4.31. The number of hydrogen-bond acceptors (Lipinski definition) is 4. The van der Waals surface area contributed by atoms with Gasteiger partial charge in [-0.2, -0.15) is 0 Å². The number of amides is 1. The van der Waals surface area contributed by atoms with Crippen LogP contribution >= 0.6 is 15.9 Å². The second kappa shape index (κ2) is 7.75. The molecular formula is C18H21BrN4O. The molecule has 1 unspecified atom stereocenters. The Morgan fingerprint density at radius 2 is 2.00 bits per heavy atom. The molecule has 1 saturated heterocycles. The first-order chi connectivity index (χ1) is 11.6. The van der Waals surface area contributed by atoms with Gasteiger partial charge in [-0.25, -0.2) is 9.97 Å². The maximum atomic E-state index is 12.8. The Kier molecular flexibility index (Phi) is 5.45. The molecule has 1 aromatic heterocycles. The van der Waals surface area contributed by atoms with Crippen molar-refractivity contribution in [3.8, 4) is 0 Å². The zero-order chi connectivity index (χ0) is 16.9. The van der Waals surface area contributed by atoms with Gasteiger partial charge < -0.3 is 9.80 Å². The summed E-state index contributed by atoms with van der Waals surface area (Å²) in [6, 6.07) is 9.89. The topological polar surface area (TPSA) is 49.3 Å². The van der Waals surface area contributed by atoms with E-state index in [1.807, 2.05) is 42.3 Å². The highest BCUT2D eigenvalue weighted by molar-refractivity contribution is 9.10. The predicted molar refractivity (Wildman–Crippen MR) is 97.6 cm³/mol. The molecule has 1 aromatic carbocycles. The second-order valence-electron chi connectivity index (χ2n) is 6.15. The first kappa shape index (κ1) is 16.9. The van der Waals surface area contributed by atoms with Gasteiger partial charge in [0.2, 0.25) is 11.9 Å². The van der Waals surface area contributed by atoms with Gasteiger partial charge in [0, 0.05) is 43.5 Å². The maximum Gasteiger partial charge on any atom is 0.227 e. The second-order valence-corrected chi connectivity index (χ2v) is 7.07. The summed E-state index contributed by atoms with van der Waals surface area (Å²) in [5.41, 5.74) is 1.13. The molecule has 1 fully saturated rings. The standard InChI is InChI=1S/C18H21BrN4O/c1-22(12-14-5-7-16(19)8-6-14)17(24)15-4-2-11-23(13-15)18-20-9-3-10-21-18/h3,5-10,15H,2,4,11-13H2,1H3. The zero-order valence-electron chi connectivity index (χ0n) is 13.7. The van der Waals surface area contributed by atoms with Gasteiger partial charge in [-0.1, -0.05) is 28.1 Å². The molecule has 6 heteroatoms. The fraction of sp³-hybridized carbons (Fsp3) is 0.389. The Balaban J connectivity index is 1.62. The van der Waals surface area contributed by atoms with E-state index in [4.69, 9.17) is 0 Å². The van der Waals surface area contributed by atoms with Gasteiger partial charge in [-0.3, -0.25) is 4.79 Å². The van der Waals surface area contributed by atoms with Crippen molar-refractivity contribution in [2.45, 2.75) is 19.4 Å². The molecule has 0 aliphatic carbocycles. The highest BCUT2D eigenvalue weighted by atomic mass is 79.9. The van der Waals surface area contributed by atoms with Crippen molar-refractivity contribution < 1.29 is 4.79 Å². The summed E-state index contributed by atoms with van der Waals surface area (Å²) < 4.78 is 1.05. The van der Waals surface area contributed by atoms with E-state index in [0.717, 1.165) is 29.4 Å². The van der Waals surface area contributed by atoms with E-state index in [0.29, 0.717) is 19.0 Å². The SMILES string of the molecule is CN(Cc1ccc(Br)cc1)C(=O)C1CCCN(c2ncccn2)C1. The average molecular weight is 389 g/mol. The van der Waals surface area contributed by atoms with E-state index < -0.39 is 0 Å². The molecule has 0 radical (unpaired) electrons. The molecular weight excluding hydrogens is 368 g/mol. The van der Waals surface area contributed by atoms with Crippen LogP contribution in [0.1, 0.15) is 18.4 Å². The third kappa shape index (κ3) is 4.12. The summed E-state index contributed by atoms with van der Waals surface area (Å²) >= 11 is 3.43. The minimum absolute atomic E-state index is 0.00278. The minimum atomic E-state index is 0.00278. The first-order valence-corrected chi connectivity index (χ1v) is 8.94.